The summed E-state index contributed by atoms with van der Waals surface area (Å²) in [5, 5.41) is 0. The molecule has 0 radical (unpaired) electrons. The summed E-state index contributed by atoms with van der Waals surface area (Å²) in [5.74, 6) is 0.0861. The summed E-state index contributed by atoms with van der Waals surface area (Å²) in [4.78, 5) is 0. The fourth-order valence-corrected chi connectivity index (χ4v) is 2.52. The van der Waals surface area contributed by atoms with Crippen molar-refractivity contribution in [2.45, 2.75) is 31.5 Å². The van der Waals surface area contributed by atoms with Crippen molar-refractivity contribution in [3.63, 3.8) is 0 Å². The maximum absolute atomic E-state index is 12.6. The van der Waals surface area contributed by atoms with Crippen molar-refractivity contribution in [3.05, 3.63) is 71.3 Å². The lowest BCUT2D eigenvalue weighted by atomic mass is 9.85. The van der Waals surface area contributed by atoms with Crippen molar-refractivity contribution >= 4 is 0 Å². The van der Waals surface area contributed by atoms with Gasteiger partial charge in [-0.05, 0) is 29.7 Å². The predicted molar refractivity (Wildman–Crippen MR) is 77.8 cm³/mol. The van der Waals surface area contributed by atoms with Gasteiger partial charge in [0.25, 0.3) is 0 Å². The highest BCUT2D eigenvalue weighted by atomic mass is 19.4. The molecule has 0 saturated heterocycles. The molecule has 2 atom stereocenters. The molecule has 0 aromatic heterocycles. The summed E-state index contributed by atoms with van der Waals surface area (Å²) in [6.45, 7) is 2.03. The molecule has 0 aliphatic rings. The van der Waals surface area contributed by atoms with E-state index in [4.69, 9.17) is 5.73 Å². The predicted octanol–water partition coefficient (Wildman–Crippen LogP) is 4.90. The van der Waals surface area contributed by atoms with Crippen molar-refractivity contribution < 1.29 is 13.2 Å². The Morgan fingerprint density at radius 3 is 1.95 bits per heavy atom. The van der Waals surface area contributed by atoms with Gasteiger partial charge in [0.1, 0.15) is 0 Å². The van der Waals surface area contributed by atoms with Crippen LogP contribution in [0.2, 0.25) is 0 Å². The van der Waals surface area contributed by atoms with Crippen LogP contribution in [-0.4, -0.2) is 0 Å². The molecule has 0 fully saturated rings. The van der Waals surface area contributed by atoms with Crippen LogP contribution in [0.4, 0.5) is 13.2 Å². The van der Waals surface area contributed by atoms with E-state index in [0.29, 0.717) is 0 Å². The number of hydrogen-bond acceptors (Lipinski definition) is 1. The standard InChI is InChI=1S/C17H18F3N/c1-2-15(12-6-4-3-5-7-12)16(21)13-8-10-14(11-9-13)17(18,19)20/h3-11,15-16H,2,21H2,1H3. The zero-order valence-electron chi connectivity index (χ0n) is 11.8. The Morgan fingerprint density at radius 2 is 1.48 bits per heavy atom. The maximum Gasteiger partial charge on any atom is 0.416 e. The van der Waals surface area contributed by atoms with Gasteiger partial charge in [0.05, 0.1) is 5.56 Å². The summed E-state index contributed by atoms with van der Waals surface area (Å²) in [5.41, 5.74) is 7.44. The number of nitrogens with two attached hydrogens (primary N) is 1. The smallest absolute Gasteiger partial charge is 0.323 e. The first-order valence-corrected chi connectivity index (χ1v) is 6.91. The van der Waals surface area contributed by atoms with E-state index in [1.165, 1.54) is 12.1 Å². The Bertz CT molecular complexity index is 561. The summed E-state index contributed by atoms with van der Waals surface area (Å²) >= 11 is 0. The molecule has 1 nitrogen and oxygen atoms in total. The average molecular weight is 293 g/mol. The molecule has 112 valence electrons. The third kappa shape index (κ3) is 3.64. The highest BCUT2D eigenvalue weighted by Gasteiger charge is 2.30. The van der Waals surface area contributed by atoms with Gasteiger partial charge in [0.2, 0.25) is 0 Å². The monoisotopic (exact) mass is 293 g/mol. The third-order valence-electron chi connectivity index (χ3n) is 3.72. The van der Waals surface area contributed by atoms with Crippen molar-refractivity contribution in [2.24, 2.45) is 5.73 Å². The molecule has 0 spiro atoms. The molecule has 4 heteroatoms. The lowest BCUT2D eigenvalue weighted by Crippen LogP contribution is -2.19. The van der Waals surface area contributed by atoms with Gasteiger partial charge in [0, 0.05) is 12.0 Å². The van der Waals surface area contributed by atoms with Gasteiger partial charge in [-0.1, -0.05) is 49.4 Å². The zero-order valence-corrected chi connectivity index (χ0v) is 11.8. The minimum absolute atomic E-state index is 0.0861. The minimum atomic E-state index is -4.31. The average Bonchev–Trinajstić information content (AvgIpc) is 2.48. The van der Waals surface area contributed by atoms with Gasteiger partial charge in [0.15, 0.2) is 0 Å². The van der Waals surface area contributed by atoms with Crippen molar-refractivity contribution in [2.75, 3.05) is 0 Å². The molecule has 21 heavy (non-hydrogen) atoms. The van der Waals surface area contributed by atoms with Crippen LogP contribution in [0.25, 0.3) is 0 Å². The number of benzene rings is 2. The molecular weight excluding hydrogens is 275 g/mol. The van der Waals surface area contributed by atoms with Crippen LogP contribution in [0.15, 0.2) is 54.6 Å². The van der Waals surface area contributed by atoms with Gasteiger partial charge >= 0.3 is 6.18 Å². The van der Waals surface area contributed by atoms with Crippen LogP contribution >= 0.6 is 0 Å². The summed E-state index contributed by atoms with van der Waals surface area (Å²) in [6, 6.07) is 14.6. The summed E-state index contributed by atoms with van der Waals surface area (Å²) in [7, 11) is 0. The van der Waals surface area contributed by atoms with Gasteiger partial charge in [-0.25, -0.2) is 0 Å². The SMILES string of the molecule is CCC(c1ccccc1)C(N)c1ccc(C(F)(F)F)cc1. The maximum atomic E-state index is 12.6. The van der Waals surface area contributed by atoms with E-state index >= 15 is 0 Å². The van der Waals surface area contributed by atoms with E-state index in [9.17, 15) is 13.2 Å². The van der Waals surface area contributed by atoms with E-state index in [1.807, 2.05) is 37.3 Å². The molecule has 0 amide bonds. The first kappa shape index (κ1) is 15.6. The quantitative estimate of drug-likeness (QED) is 0.852. The molecule has 0 aliphatic carbocycles. The number of alkyl halides is 3. The highest BCUT2D eigenvalue weighted by molar-refractivity contribution is 5.30. The number of rotatable bonds is 4. The second kappa shape index (κ2) is 6.31. The lowest BCUT2D eigenvalue weighted by molar-refractivity contribution is -0.137. The van der Waals surface area contributed by atoms with E-state index in [2.05, 4.69) is 0 Å². The number of halogens is 3. The van der Waals surface area contributed by atoms with E-state index < -0.39 is 11.7 Å². The minimum Gasteiger partial charge on any atom is -0.323 e. The molecule has 0 aliphatic heterocycles. The molecular formula is C17H18F3N. The van der Waals surface area contributed by atoms with Crippen LogP contribution in [0.5, 0.6) is 0 Å². The van der Waals surface area contributed by atoms with Gasteiger partial charge in [-0.3, -0.25) is 0 Å². The first-order valence-electron chi connectivity index (χ1n) is 6.91. The van der Waals surface area contributed by atoms with Gasteiger partial charge in [-0.2, -0.15) is 13.2 Å². The molecule has 2 N–H and O–H groups in total. The Morgan fingerprint density at radius 1 is 0.905 bits per heavy atom. The van der Waals surface area contributed by atoms with Crippen molar-refractivity contribution in [1.29, 1.82) is 0 Å². The second-order valence-corrected chi connectivity index (χ2v) is 5.07. The fourth-order valence-electron chi connectivity index (χ4n) is 2.52. The third-order valence-corrected chi connectivity index (χ3v) is 3.72. The molecule has 0 bridgehead atoms. The Balaban J connectivity index is 2.24. The van der Waals surface area contributed by atoms with Crippen LogP contribution in [-0.2, 0) is 6.18 Å². The molecule has 2 aromatic rings. The van der Waals surface area contributed by atoms with Crippen LogP contribution in [0.3, 0.4) is 0 Å². The molecule has 0 saturated carbocycles. The Kier molecular flexibility index (Phi) is 4.68. The summed E-state index contributed by atoms with van der Waals surface area (Å²) < 4.78 is 37.7. The summed E-state index contributed by atoms with van der Waals surface area (Å²) in [6.07, 6.45) is -3.49. The highest BCUT2D eigenvalue weighted by Crippen LogP contribution is 2.34. The normalized spacial score (nSPS) is 14.7. The molecule has 2 rings (SSSR count). The fraction of sp³-hybridized carbons (Fsp3) is 0.294. The van der Waals surface area contributed by atoms with Gasteiger partial charge in [-0.15, -0.1) is 0 Å². The van der Waals surface area contributed by atoms with Crippen molar-refractivity contribution in [3.8, 4) is 0 Å². The largest absolute Gasteiger partial charge is 0.416 e. The van der Waals surface area contributed by atoms with Crippen LogP contribution in [0, 0.1) is 0 Å². The molecule has 2 unspecified atom stereocenters. The zero-order chi connectivity index (χ0) is 15.5. The number of hydrogen-bond donors (Lipinski definition) is 1. The van der Waals surface area contributed by atoms with E-state index in [0.717, 1.165) is 29.7 Å². The molecule has 2 aromatic carbocycles. The van der Waals surface area contributed by atoms with E-state index in [-0.39, 0.29) is 12.0 Å². The van der Waals surface area contributed by atoms with Crippen LogP contribution in [0.1, 0.15) is 42.0 Å². The Labute approximate surface area is 122 Å². The van der Waals surface area contributed by atoms with Gasteiger partial charge < -0.3 is 5.73 Å². The first-order chi connectivity index (χ1) is 9.93. The van der Waals surface area contributed by atoms with E-state index in [1.54, 1.807) is 0 Å². The topological polar surface area (TPSA) is 26.0 Å². The lowest BCUT2D eigenvalue weighted by Gasteiger charge is -2.24. The second-order valence-electron chi connectivity index (χ2n) is 5.07. The van der Waals surface area contributed by atoms with Crippen molar-refractivity contribution in [1.82, 2.24) is 0 Å². The Hall–Kier alpha value is -1.81. The molecule has 0 heterocycles. The van der Waals surface area contributed by atoms with Crippen LogP contribution < -0.4 is 5.73 Å².